The van der Waals surface area contributed by atoms with Gasteiger partial charge in [-0.3, -0.25) is 0 Å². The first kappa shape index (κ1) is 11.7. The van der Waals surface area contributed by atoms with E-state index in [1.807, 2.05) is 6.07 Å². The Balaban J connectivity index is 3.09. The van der Waals surface area contributed by atoms with Crippen LogP contribution >= 0.6 is 0 Å². The van der Waals surface area contributed by atoms with Crippen molar-refractivity contribution in [1.29, 1.82) is 5.26 Å². The second-order valence-electron chi connectivity index (χ2n) is 3.22. The smallest absolute Gasteiger partial charge is 0.261 e. The van der Waals surface area contributed by atoms with Crippen LogP contribution in [0.5, 0.6) is 0 Å². The van der Waals surface area contributed by atoms with Gasteiger partial charge < -0.3 is 4.98 Å². The highest BCUT2D eigenvalue weighted by molar-refractivity contribution is 7.89. The summed E-state index contributed by atoms with van der Waals surface area (Å²) in [6, 6.07) is 1.56. The zero-order chi connectivity index (χ0) is 11.5. The van der Waals surface area contributed by atoms with Crippen molar-refractivity contribution < 1.29 is 8.42 Å². The normalized spacial score (nSPS) is 11.9. The van der Waals surface area contributed by atoms with Gasteiger partial charge in [-0.25, -0.2) is 13.4 Å². The minimum absolute atomic E-state index is 0.00597. The number of nitriles is 1. The van der Waals surface area contributed by atoms with Crippen LogP contribution in [-0.4, -0.2) is 35.3 Å². The highest BCUT2D eigenvalue weighted by Crippen LogP contribution is 2.14. The fraction of sp³-hybridized carbons (Fsp3) is 0.500. The van der Waals surface area contributed by atoms with E-state index in [1.165, 1.54) is 12.5 Å². The summed E-state index contributed by atoms with van der Waals surface area (Å²) in [5, 5.41) is 8.57. The van der Waals surface area contributed by atoms with Gasteiger partial charge in [-0.15, -0.1) is 0 Å². The number of aromatic amines is 1. The van der Waals surface area contributed by atoms with Crippen LogP contribution in [0.15, 0.2) is 17.6 Å². The Morgan fingerprint density at radius 1 is 1.67 bits per heavy atom. The first-order valence-electron chi connectivity index (χ1n) is 4.37. The summed E-state index contributed by atoms with van der Waals surface area (Å²) < 4.78 is 25.0. The van der Waals surface area contributed by atoms with Crippen molar-refractivity contribution >= 4 is 10.0 Å². The van der Waals surface area contributed by atoms with Gasteiger partial charge in [0.25, 0.3) is 10.0 Å². The van der Waals surface area contributed by atoms with Gasteiger partial charge in [-0.2, -0.15) is 9.57 Å². The van der Waals surface area contributed by atoms with E-state index < -0.39 is 10.0 Å². The van der Waals surface area contributed by atoms with Gasteiger partial charge in [0.15, 0.2) is 5.03 Å². The summed E-state index contributed by atoms with van der Waals surface area (Å²) in [6.07, 6.45) is 2.51. The SMILES string of the molecule is CC(C)N(CC#N)S(=O)(=O)c1cnc[nH]1. The number of nitrogens with zero attached hydrogens (tertiary/aromatic N) is 3. The molecule has 0 aliphatic rings. The first-order chi connectivity index (χ1) is 7.00. The van der Waals surface area contributed by atoms with Gasteiger partial charge in [0.2, 0.25) is 0 Å². The largest absolute Gasteiger partial charge is 0.335 e. The molecule has 0 radical (unpaired) electrons. The summed E-state index contributed by atoms with van der Waals surface area (Å²) in [5.74, 6) is 0. The van der Waals surface area contributed by atoms with Crippen molar-refractivity contribution in [2.24, 2.45) is 0 Å². The lowest BCUT2D eigenvalue weighted by Gasteiger charge is -2.21. The van der Waals surface area contributed by atoms with E-state index in [4.69, 9.17) is 5.26 Å². The van der Waals surface area contributed by atoms with E-state index in [9.17, 15) is 8.42 Å². The average Bonchev–Trinajstić information content (AvgIpc) is 2.66. The maximum Gasteiger partial charge on any atom is 0.261 e. The topological polar surface area (TPSA) is 89.8 Å². The summed E-state index contributed by atoms with van der Waals surface area (Å²) in [4.78, 5) is 6.17. The van der Waals surface area contributed by atoms with E-state index in [-0.39, 0.29) is 17.6 Å². The number of rotatable bonds is 4. The Bertz CT molecular complexity index is 443. The van der Waals surface area contributed by atoms with Crippen molar-refractivity contribution in [3.8, 4) is 6.07 Å². The van der Waals surface area contributed by atoms with E-state index in [0.29, 0.717) is 0 Å². The molecule has 1 heterocycles. The first-order valence-corrected chi connectivity index (χ1v) is 5.81. The van der Waals surface area contributed by atoms with Gasteiger partial charge in [0.1, 0.15) is 6.54 Å². The number of hydrogen-bond acceptors (Lipinski definition) is 4. The van der Waals surface area contributed by atoms with Crippen molar-refractivity contribution in [3.63, 3.8) is 0 Å². The quantitative estimate of drug-likeness (QED) is 0.752. The Morgan fingerprint density at radius 2 is 2.33 bits per heavy atom. The van der Waals surface area contributed by atoms with Crippen LogP contribution in [0.2, 0.25) is 0 Å². The maximum atomic E-state index is 11.9. The zero-order valence-corrected chi connectivity index (χ0v) is 9.32. The molecule has 0 saturated heterocycles. The Hall–Kier alpha value is -1.39. The molecule has 1 aromatic rings. The number of aromatic nitrogens is 2. The number of H-pyrrole nitrogens is 1. The Morgan fingerprint density at radius 3 is 2.73 bits per heavy atom. The van der Waals surface area contributed by atoms with Gasteiger partial charge in [-0.1, -0.05) is 0 Å². The van der Waals surface area contributed by atoms with Crippen LogP contribution in [0.4, 0.5) is 0 Å². The third-order valence-corrected chi connectivity index (χ3v) is 3.81. The second-order valence-corrected chi connectivity index (χ2v) is 5.08. The molecule has 0 aromatic carbocycles. The Kier molecular flexibility index (Phi) is 3.44. The molecule has 0 fully saturated rings. The third-order valence-electron chi connectivity index (χ3n) is 1.86. The summed E-state index contributed by atoms with van der Waals surface area (Å²) in [7, 11) is -3.63. The molecule has 0 aliphatic carbocycles. The summed E-state index contributed by atoms with van der Waals surface area (Å²) in [5.41, 5.74) is 0. The average molecular weight is 228 g/mol. The number of sulfonamides is 1. The van der Waals surface area contributed by atoms with E-state index in [1.54, 1.807) is 13.8 Å². The Labute approximate surface area is 88.6 Å². The molecule has 0 saturated carbocycles. The number of hydrogen-bond donors (Lipinski definition) is 1. The van der Waals surface area contributed by atoms with Crippen LogP contribution in [0.25, 0.3) is 0 Å². The minimum atomic E-state index is -3.63. The molecular formula is C8H12N4O2S. The molecule has 0 amide bonds. The molecular weight excluding hydrogens is 216 g/mol. The van der Waals surface area contributed by atoms with Crippen LogP contribution in [0.3, 0.4) is 0 Å². The third kappa shape index (κ3) is 2.34. The van der Waals surface area contributed by atoms with Crippen molar-refractivity contribution in [2.75, 3.05) is 6.54 Å². The maximum absolute atomic E-state index is 11.9. The number of imidazole rings is 1. The molecule has 6 nitrogen and oxygen atoms in total. The van der Waals surface area contributed by atoms with Gasteiger partial charge in [0.05, 0.1) is 18.6 Å². The van der Waals surface area contributed by atoms with Crippen LogP contribution < -0.4 is 0 Å². The molecule has 0 spiro atoms. The zero-order valence-electron chi connectivity index (χ0n) is 8.51. The number of nitrogens with one attached hydrogen (secondary N) is 1. The highest BCUT2D eigenvalue weighted by Gasteiger charge is 2.27. The highest BCUT2D eigenvalue weighted by atomic mass is 32.2. The van der Waals surface area contributed by atoms with E-state index >= 15 is 0 Å². The molecule has 15 heavy (non-hydrogen) atoms. The van der Waals surface area contributed by atoms with Crippen LogP contribution in [0.1, 0.15) is 13.8 Å². The van der Waals surface area contributed by atoms with Gasteiger partial charge in [-0.05, 0) is 13.8 Å². The predicted octanol–water partition coefficient (Wildman–Crippen LogP) is 0.332. The molecule has 7 heteroatoms. The molecule has 1 rings (SSSR count). The molecule has 1 N–H and O–H groups in total. The predicted molar refractivity (Wildman–Crippen MR) is 53.2 cm³/mol. The molecule has 0 bridgehead atoms. The van der Waals surface area contributed by atoms with E-state index in [2.05, 4.69) is 9.97 Å². The van der Waals surface area contributed by atoms with Crippen LogP contribution in [0, 0.1) is 11.3 Å². The second kappa shape index (κ2) is 4.42. The van der Waals surface area contributed by atoms with Gasteiger partial charge in [0, 0.05) is 6.04 Å². The molecule has 0 atom stereocenters. The molecule has 0 aliphatic heterocycles. The van der Waals surface area contributed by atoms with Crippen molar-refractivity contribution in [2.45, 2.75) is 24.9 Å². The molecule has 82 valence electrons. The molecule has 0 unspecified atom stereocenters. The lowest BCUT2D eigenvalue weighted by atomic mass is 10.4. The fourth-order valence-corrected chi connectivity index (χ4v) is 2.56. The van der Waals surface area contributed by atoms with Crippen LogP contribution in [-0.2, 0) is 10.0 Å². The minimum Gasteiger partial charge on any atom is -0.335 e. The monoisotopic (exact) mass is 228 g/mol. The molecule has 1 aromatic heterocycles. The van der Waals surface area contributed by atoms with E-state index in [0.717, 1.165) is 4.31 Å². The standard InChI is InChI=1S/C8H12N4O2S/c1-7(2)12(4-3-9)15(13,14)8-5-10-6-11-8/h5-7H,4H2,1-2H3,(H,10,11). The van der Waals surface area contributed by atoms with Crippen molar-refractivity contribution in [3.05, 3.63) is 12.5 Å². The fourth-order valence-electron chi connectivity index (χ4n) is 1.13. The lowest BCUT2D eigenvalue weighted by molar-refractivity contribution is 0.384. The lowest BCUT2D eigenvalue weighted by Crippen LogP contribution is -2.37. The van der Waals surface area contributed by atoms with Crippen molar-refractivity contribution in [1.82, 2.24) is 14.3 Å². The summed E-state index contributed by atoms with van der Waals surface area (Å²) in [6.45, 7) is 3.26. The summed E-state index contributed by atoms with van der Waals surface area (Å²) >= 11 is 0. The van der Waals surface area contributed by atoms with Gasteiger partial charge >= 0.3 is 0 Å².